The Morgan fingerprint density at radius 2 is 2.04 bits per heavy atom. The van der Waals surface area contributed by atoms with E-state index in [1.165, 1.54) is 6.07 Å². The minimum absolute atomic E-state index is 0. The van der Waals surface area contributed by atoms with Crippen molar-refractivity contribution in [1.29, 1.82) is 0 Å². The van der Waals surface area contributed by atoms with Crippen molar-refractivity contribution in [3.05, 3.63) is 29.3 Å². The van der Waals surface area contributed by atoms with E-state index in [0.29, 0.717) is 11.1 Å². The second-order valence-corrected chi connectivity index (χ2v) is 7.12. The Bertz CT molecular complexity index is 689. The Morgan fingerprint density at radius 3 is 2.52 bits per heavy atom. The summed E-state index contributed by atoms with van der Waals surface area (Å²) in [4.78, 5) is 16.8. The van der Waals surface area contributed by atoms with Gasteiger partial charge in [0.25, 0.3) is 0 Å². The first-order valence-electron chi connectivity index (χ1n) is 6.35. The number of carbonyl (C=O) groups excluding carboxylic acids is 1. The number of guanidine groups is 1. The van der Waals surface area contributed by atoms with Crippen molar-refractivity contribution in [1.82, 2.24) is 4.84 Å². The molecule has 0 saturated carbocycles. The van der Waals surface area contributed by atoms with E-state index in [1.54, 1.807) is 12.1 Å². The normalized spacial score (nSPS) is 11.8. The maximum atomic E-state index is 11.9. The molecule has 0 atom stereocenters. The molecule has 10 heteroatoms. The third kappa shape index (κ3) is 6.43. The monoisotopic (exact) mass is 365 g/mol. The predicted octanol–water partition coefficient (Wildman–Crippen LogP) is 1.08. The maximum absolute atomic E-state index is 11.9. The number of halogens is 1. The van der Waals surface area contributed by atoms with E-state index < -0.39 is 15.9 Å². The van der Waals surface area contributed by atoms with Crippen LogP contribution in [0, 0.1) is 0 Å². The van der Waals surface area contributed by atoms with Gasteiger partial charge >= 0.3 is 6.09 Å². The van der Waals surface area contributed by atoms with Crippen LogP contribution >= 0.6 is 11.8 Å². The number of ether oxygens (including phenoxy) is 1. The first kappa shape index (κ1) is 21.2. The lowest BCUT2D eigenvalue weighted by Crippen LogP contribution is -2.25. The molecule has 0 bridgehead atoms. The molecule has 0 heterocycles. The number of nitrogens with one attached hydrogen (secondary N) is 1. The van der Waals surface area contributed by atoms with Crippen LogP contribution in [0.4, 0.5) is 4.79 Å². The van der Waals surface area contributed by atoms with Crippen molar-refractivity contribution < 1.29 is 23.4 Å². The summed E-state index contributed by atoms with van der Waals surface area (Å²) < 4.78 is 28.6. The quantitative estimate of drug-likeness (QED) is 0.464. The summed E-state index contributed by atoms with van der Waals surface area (Å²) in [6.45, 7) is 3.68. The molecule has 1 aromatic carbocycles. The van der Waals surface area contributed by atoms with Crippen LogP contribution in [-0.4, -0.2) is 32.2 Å². The van der Waals surface area contributed by atoms with E-state index >= 15 is 0 Å². The number of rotatable bonds is 4. The zero-order valence-electron chi connectivity index (χ0n) is 13.0. The Hall–Kier alpha value is -1.84. The number of aliphatic imine (C=N–C) groups is 1. The molecule has 1 amide bonds. The van der Waals surface area contributed by atoms with E-state index in [4.69, 9.17) is 22.2 Å². The number of hydrogen-bond donors (Lipinski definition) is 2. The summed E-state index contributed by atoms with van der Waals surface area (Å²) >= 11 is 5.15. The Balaban J connectivity index is 0.00000484. The lowest BCUT2D eigenvalue weighted by Gasteiger charge is -2.13. The second-order valence-electron chi connectivity index (χ2n) is 4.95. The number of carbonyl (C=O) groups is 1. The average molecular weight is 366 g/mol. The number of amides is 1. The fourth-order valence-corrected chi connectivity index (χ4v) is 2.90. The third-order valence-electron chi connectivity index (χ3n) is 2.77. The maximum Gasteiger partial charge on any atom is 0.437 e. The molecular formula is C13H20ClN3O5S. The standard InChI is InChI=1S/C13H18ClN3O4S.H2O/c1-8(2)10-5-4-9(6-11(10)22(3,19)20)7-21-13(18)16-12(15)17-14;/h4-6,8H,7H2,1-3H3,(H3,15,16,17,18);1H2. The fourth-order valence-electron chi connectivity index (χ4n) is 1.76. The van der Waals surface area contributed by atoms with Gasteiger partial charge in [0, 0.05) is 18.0 Å². The highest BCUT2D eigenvalue weighted by molar-refractivity contribution is 7.90. The molecule has 5 N–H and O–H groups in total. The first-order valence-corrected chi connectivity index (χ1v) is 8.62. The molecule has 0 aliphatic heterocycles. The summed E-state index contributed by atoms with van der Waals surface area (Å²) in [5.74, 6) is -0.237. The molecule has 0 aromatic heterocycles. The number of benzene rings is 1. The van der Waals surface area contributed by atoms with Gasteiger partial charge in [-0.25, -0.2) is 13.2 Å². The van der Waals surface area contributed by atoms with E-state index in [-0.39, 0.29) is 28.9 Å². The van der Waals surface area contributed by atoms with Gasteiger partial charge in [-0.05, 0) is 23.1 Å². The van der Waals surface area contributed by atoms with E-state index in [2.05, 4.69) is 4.99 Å². The number of sulfone groups is 1. The highest BCUT2D eigenvalue weighted by atomic mass is 35.5. The van der Waals surface area contributed by atoms with E-state index in [9.17, 15) is 13.2 Å². The average Bonchev–Trinajstić information content (AvgIpc) is 2.43. The molecule has 1 rings (SSSR count). The SMILES string of the molecule is CC(C)c1ccc(COC(=O)N=C(N)NCl)cc1S(C)(=O)=O.O. The molecule has 0 saturated heterocycles. The molecule has 0 spiro atoms. The van der Waals surface area contributed by atoms with Gasteiger partial charge in [-0.3, -0.25) is 4.84 Å². The second kappa shape index (κ2) is 8.70. The van der Waals surface area contributed by atoms with Gasteiger partial charge in [0.2, 0.25) is 5.96 Å². The van der Waals surface area contributed by atoms with Crippen molar-refractivity contribution in [2.45, 2.75) is 31.3 Å². The highest BCUT2D eigenvalue weighted by Gasteiger charge is 2.16. The van der Waals surface area contributed by atoms with Crippen LogP contribution in [0.2, 0.25) is 0 Å². The molecule has 23 heavy (non-hydrogen) atoms. The lowest BCUT2D eigenvalue weighted by molar-refractivity contribution is 0.150. The molecule has 0 fully saturated rings. The lowest BCUT2D eigenvalue weighted by atomic mass is 10.0. The molecule has 0 unspecified atom stereocenters. The predicted molar refractivity (Wildman–Crippen MR) is 88.1 cm³/mol. The van der Waals surface area contributed by atoms with Gasteiger partial charge in [-0.15, -0.1) is 4.99 Å². The minimum Gasteiger partial charge on any atom is -0.443 e. The minimum atomic E-state index is -3.38. The van der Waals surface area contributed by atoms with Gasteiger partial charge < -0.3 is 15.9 Å². The van der Waals surface area contributed by atoms with Crippen molar-refractivity contribution in [3.8, 4) is 0 Å². The third-order valence-corrected chi connectivity index (χ3v) is 4.12. The van der Waals surface area contributed by atoms with Crippen molar-refractivity contribution in [3.63, 3.8) is 0 Å². The van der Waals surface area contributed by atoms with Gasteiger partial charge in [-0.1, -0.05) is 26.0 Å². The topological polar surface area (TPSA) is 142 Å². The van der Waals surface area contributed by atoms with E-state index in [1.807, 2.05) is 18.7 Å². The van der Waals surface area contributed by atoms with Gasteiger partial charge in [-0.2, -0.15) is 0 Å². The van der Waals surface area contributed by atoms with Crippen molar-refractivity contribution >= 4 is 33.7 Å². The van der Waals surface area contributed by atoms with Crippen LogP contribution < -0.4 is 10.6 Å². The van der Waals surface area contributed by atoms with Gasteiger partial charge in [0.1, 0.15) is 6.61 Å². The molecular weight excluding hydrogens is 346 g/mol. The van der Waals surface area contributed by atoms with Gasteiger partial charge in [0.05, 0.1) is 4.90 Å². The number of nitrogens with zero attached hydrogens (tertiary/aromatic N) is 1. The summed E-state index contributed by atoms with van der Waals surface area (Å²) in [6.07, 6.45) is 0.209. The van der Waals surface area contributed by atoms with Crippen molar-refractivity contribution in [2.24, 2.45) is 10.7 Å². The van der Waals surface area contributed by atoms with Crippen LogP contribution in [0.5, 0.6) is 0 Å². The fraction of sp³-hybridized carbons (Fsp3) is 0.385. The van der Waals surface area contributed by atoms with Crippen LogP contribution in [-0.2, 0) is 21.2 Å². The smallest absolute Gasteiger partial charge is 0.437 e. The zero-order chi connectivity index (χ0) is 16.9. The Morgan fingerprint density at radius 1 is 1.43 bits per heavy atom. The van der Waals surface area contributed by atoms with Crippen molar-refractivity contribution in [2.75, 3.05) is 6.26 Å². The summed E-state index contributed by atoms with van der Waals surface area (Å²) in [7, 11) is -3.38. The van der Waals surface area contributed by atoms with Gasteiger partial charge in [0.15, 0.2) is 9.84 Å². The Kier molecular flexibility index (Phi) is 8.01. The molecule has 0 radical (unpaired) electrons. The molecule has 8 nitrogen and oxygen atoms in total. The highest BCUT2D eigenvalue weighted by Crippen LogP contribution is 2.25. The molecule has 1 aromatic rings. The largest absolute Gasteiger partial charge is 0.443 e. The summed E-state index contributed by atoms with van der Waals surface area (Å²) in [6, 6.07) is 4.90. The van der Waals surface area contributed by atoms with Crippen LogP contribution in [0.25, 0.3) is 0 Å². The van der Waals surface area contributed by atoms with Crippen LogP contribution in [0.15, 0.2) is 28.1 Å². The number of nitrogens with two attached hydrogens (primary N) is 1. The van der Waals surface area contributed by atoms with Crippen LogP contribution in [0.1, 0.15) is 30.9 Å². The zero-order valence-corrected chi connectivity index (χ0v) is 14.5. The number of hydrogen-bond acceptors (Lipinski definition) is 4. The molecule has 130 valence electrons. The summed E-state index contributed by atoms with van der Waals surface area (Å²) in [5.41, 5.74) is 6.45. The Labute approximate surface area is 140 Å². The van der Waals surface area contributed by atoms with Crippen LogP contribution in [0.3, 0.4) is 0 Å². The first-order chi connectivity index (χ1) is 10.1. The summed E-state index contributed by atoms with van der Waals surface area (Å²) in [5, 5.41) is 0. The molecule has 0 aliphatic rings. The van der Waals surface area contributed by atoms with E-state index in [0.717, 1.165) is 6.26 Å². The molecule has 0 aliphatic carbocycles.